The van der Waals surface area contributed by atoms with Crippen LogP contribution in [0.1, 0.15) is 28.9 Å². The Morgan fingerprint density at radius 3 is 2.35 bits per heavy atom. The van der Waals surface area contributed by atoms with Gasteiger partial charge in [0.05, 0.1) is 11.0 Å². The summed E-state index contributed by atoms with van der Waals surface area (Å²) in [5.74, 6) is -0.450. The van der Waals surface area contributed by atoms with Gasteiger partial charge < -0.3 is 5.32 Å². The molecule has 5 heteroatoms. The second-order valence-corrected chi connectivity index (χ2v) is 4.38. The molecule has 20 heavy (non-hydrogen) atoms. The molecule has 2 aromatic rings. The van der Waals surface area contributed by atoms with E-state index in [0.717, 1.165) is 5.56 Å². The van der Waals surface area contributed by atoms with Crippen molar-refractivity contribution in [2.45, 2.75) is 13.0 Å². The topological polar surface area (TPSA) is 72.2 Å². The number of benzene rings is 2. The van der Waals surface area contributed by atoms with Crippen LogP contribution in [0.15, 0.2) is 54.6 Å². The van der Waals surface area contributed by atoms with Gasteiger partial charge in [-0.05, 0) is 18.6 Å². The summed E-state index contributed by atoms with van der Waals surface area (Å²) in [4.78, 5) is 22.5. The minimum absolute atomic E-state index is 0.0697. The molecule has 0 bridgehead atoms. The molecule has 0 saturated heterocycles. The Bertz CT molecular complexity index is 626. The number of nitro benzene ring substituents is 1. The number of para-hydroxylation sites is 1. The molecule has 0 saturated carbocycles. The van der Waals surface area contributed by atoms with Crippen LogP contribution in [0.4, 0.5) is 5.69 Å². The van der Waals surface area contributed by atoms with Crippen LogP contribution in [0, 0.1) is 10.1 Å². The minimum atomic E-state index is -0.553. The maximum absolute atomic E-state index is 12.1. The number of carbonyl (C=O) groups excluding carboxylic acids is 1. The number of nitrogens with one attached hydrogen (secondary N) is 1. The summed E-state index contributed by atoms with van der Waals surface area (Å²) in [5, 5.41) is 13.7. The molecule has 1 unspecified atom stereocenters. The molecular weight excluding hydrogens is 256 g/mol. The third-order valence-corrected chi connectivity index (χ3v) is 2.99. The highest BCUT2D eigenvalue weighted by Crippen LogP contribution is 2.19. The van der Waals surface area contributed by atoms with E-state index in [1.54, 1.807) is 6.07 Å². The Morgan fingerprint density at radius 2 is 1.70 bits per heavy atom. The van der Waals surface area contributed by atoms with Gasteiger partial charge in [-0.25, -0.2) is 0 Å². The van der Waals surface area contributed by atoms with Gasteiger partial charge in [-0.2, -0.15) is 0 Å². The molecular formula is C15H14N2O3. The predicted molar refractivity (Wildman–Crippen MR) is 75.4 cm³/mol. The van der Waals surface area contributed by atoms with E-state index in [0.29, 0.717) is 0 Å². The molecule has 0 heterocycles. The van der Waals surface area contributed by atoms with Crippen LogP contribution < -0.4 is 5.32 Å². The molecule has 0 aliphatic heterocycles. The molecule has 0 spiro atoms. The molecule has 0 fully saturated rings. The number of hydrogen-bond acceptors (Lipinski definition) is 3. The first-order valence-corrected chi connectivity index (χ1v) is 6.19. The third kappa shape index (κ3) is 3.00. The van der Waals surface area contributed by atoms with Crippen LogP contribution in [0.25, 0.3) is 0 Å². The maximum Gasteiger partial charge on any atom is 0.282 e. The molecule has 1 atom stereocenters. The number of hydrogen-bond donors (Lipinski definition) is 1. The van der Waals surface area contributed by atoms with Crippen molar-refractivity contribution < 1.29 is 9.72 Å². The smallest absolute Gasteiger partial charge is 0.282 e. The molecule has 102 valence electrons. The number of amides is 1. The molecule has 1 N–H and O–H groups in total. The largest absolute Gasteiger partial charge is 0.345 e. The minimum Gasteiger partial charge on any atom is -0.345 e. The number of carbonyl (C=O) groups is 1. The fourth-order valence-electron chi connectivity index (χ4n) is 1.92. The van der Waals surface area contributed by atoms with E-state index in [-0.39, 0.29) is 17.3 Å². The molecule has 1 amide bonds. The van der Waals surface area contributed by atoms with Crippen molar-refractivity contribution in [3.05, 3.63) is 75.8 Å². The van der Waals surface area contributed by atoms with Gasteiger partial charge in [0.2, 0.25) is 0 Å². The average molecular weight is 270 g/mol. The Balaban J connectivity index is 2.19. The van der Waals surface area contributed by atoms with E-state index in [4.69, 9.17) is 0 Å². The van der Waals surface area contributed by atoms with Crippen LogP contribution in [0.5, 0.6) is 0 Å². The molecule has 5 nitrogen and oxygen atoms in total. The van der Waals surface area contributed by atoms with Crippen LogP contribution in [0.3, 0.4) is 0 Å². The summed E-state index contributed by atoms with van der Waals surface area (Å²) in [7, 11) is 0. The number of rotatable bonds is 4. The highest BCUT2D eigenvalue weighted by atomic mass is 16.6. The van der Waals surface area contributed by atoms with E-state index >= 15 is 0 Å². The summed E-state index contributed by atoms with van der Waals surface area (Å²) >= 11 is 0. The van der Waals surface area contributed by atoms with Crippen molar-refractivity contribution in [2.75, 3.05) is 0 Å². The molecule has 2 rings (SSSR count). The SMILES string of the molecule is CC(NC(=O)c1ccccc1[N+](=O)[O-])c1ccccc1. The third-order valence-electron chi connectivity index (χ3n) is 2.99. The zero-order chi connectivity index (χ0) is 14.5. The van der Waals surface area contributed by atoms with Crippen LogP contribution in [-0.2, 0) is 0 Å². The quantitative estimate of drug-likeness (QED) is 0.685. The summed E-state index contributed by atoms with van der Waals surface area (Å²) in [5.41, 5.74) is 0.824. The van der Waals surface area contributed by atoms with Crippen LogP contribution >= 0.6 is 0 Å². The summed E-state index contributed by atoms with van der Waals surface area (Å²) < 4.78 is 0. The van der Waals surface area contributed by atoms with Gasteiger partial charge in [-0.15, -0.1) is 0 Å². The van der Waals surface area contributed by atoms with Crippen LogP contribution in [-0.4, -0.2) is 10.8 Å². The van der Waals surface area contributed by atoms with Crippen molar-refractivity contribution in [2.24, 2.45) is 0 Å². The summed E-state index contributed by atoms with van der Waals surface area (Å²) in [6.45, 7) is 1.84. The fourth-order valence-corrected chi connectivity index (χ4v) is 1.92. The zero-order valence-electron chi connectivity index (χ0n) is 10.9. The molecule has 0 radical (unpaired) electrons. The van der Waals surface area contributed by atoms with Crippen molar-refractivity contribution in [1.82, 2.24) is 5.32 Å². The maximum atomic E-state index is 12.1. The van der Waals surface area contributed by atoms with Gasteiger partial charge in [0.1, 0.15) is 5.56 Å². The van der Waals surface area contributed by atoms with Gasteiger partial charge in [0.15, 0.2) is 0 Å². The Labute approximate surface area is 116 Å². The van der Waals surface area contributed by atoms with Crippen LogP contribution in [0.2, 0.25) is 0 Å². The van der Waals surface area contributed by atoms with Gasteiger partial charge in [-0.3, -0.25) is 14.9 Å². The Kier molecular flexibility index (Phi) is 4.10. The van der Waals surface area contributed by atoms with E-state index in [9.17, 15) is 14.9 Å². The lowest BCUT2D eigenvalue weighted by Gasteiger charge is -2.14. The average Bonchev–Trinajstić information content (AvgIpc) is 2.48. The predicted octanol–water partition coefficient (Wildman–Crippen LogP) is 3.09. The summed E-state index contributed by atoms with van der Waals surface area (Å²) in [6, 6.07) is 15.1. The first-order chi connectivity index (χ1) is 9.59. The summed E-state index contributed by atoms with van der Waals surface area (Å²) in [6.07, 6.45) is 0. The fraction of sp³-hybridized carbons (Fsp3) is 0.133. The molecule has 0 aliphatic carbocycles. The normalized spacial score (nSPS) is 11.7. The zero-order valence-corrected chi connectivity index (χ0v) is 10.9. The van der Waals surface area contributed by atoms with E-state index in [1.807, 2.05) is 37.3 Å². The number of nitro groups is 1. The van der Waals surface area contributed by atoms with Crippen molar-refractivity contribution in [3.63, 3.8) is 0 Å². The lowest BCUT2D eigenvalue weighted by atomic mass is 10.1. The number of nitrogens with zero attached hydrogens (tertiary/aromatic N) is 1. The van der Waals surface area contributed by atoms with Crippen molar-refractivity contribution >= 4 is 11.6 Å². The monoisotopic (exact) mass is 270 g/mol. The Hall–Kier alpha value is -2.69. The standard InChI is InChI=1S/C15H14N2O3/c1-11(12-7-3-2-4-8-12)16-15(18)13-9-5-6-10-14(13)17(19)20/h2-11H,1H3,(H,16,18). The first kappa shape index (κ1) is 13.7. The highest BCUT2D eigenvalue weighted by molar-refractivity contribution is 5.98. The van der Waals surface area contributed by atoms with E-state index in [1.165, 1.54) is 18.2 Å². The van der Waals surface area contributed by atoms with Crippen molar-refractivity contribution in [1.29, 1.82) is 0 Å². The van der Waals surface area contributed by atoms with Gasteiger partial charge >= 0.3 is 0 Å². The second kappa shape index (κ2) is 5.97. The lowest BCUT2D eigenvalue weighted by molar-refractivity contribution is -0.385. The Morgan fingerprint density at radius 1 is 1.10 bits per heavy atom. The molecule has 2 aromatic carbocycles. The van der Waals surface area contributed by atoms with E-state index < -0.39 is 10.8 Å². The van der Waals surface area contributed by atoms with E-state index in [2.05, 4.69) is 5.32 Å². The first-order valence-electron chi connectivity index (χ1n) is 6.19. The molecule has 0 aliphatic rings. The van der Waals surface area contributed by atoms with Gasteiger partial charge in [-0.1, -0.05) is 42.5 Å². The molecule has 0 aromatic heterocycles. The van der Waals surface area contributed by atoms with Crippen molar-refractivity contribution in [3.8, 4) is 0 Å². The highest BCUT2D eigenvalue weighted by Gasteiger charge is 2.20. The van der Waals surface area contributed by atoms with Gasteiger partial charge in [0, 0.05) is 6.07 Å². The second-order valence-electron chi connectivity index (χ2n) is 4.38. The lowest BCUT2D eigenvalue weighted by Crippen LogP contribution is -2.27. The van der Waals surface area contributed by atoms with Gasteiger partial charge in [0.25, 0.3) is 11.6 Å².